The Kier molecular flexibility index (Phi) is 4.95. The molecule has 1 aliphatic rings. The Morgan fingerprint density at radius 3 is 3.00 bits per heavy atom. The molecule has 1 atom stereocenters. The van der Waals surface area contributed by atoms with E-state index in [1.165, 1.54) is 0 Å². The fourth-order valence-corrected chi connectivity index (χ4v) is 2.94. The SMILES string of the molecule is CNC(=O)c1cccc(C2CNCCN2Cc2cncnc2)c1. The van der Waals surface area contributed by atoms with Crippen molar-refractivity contribution >= 4 is 5.91 Å². The topological polar surface area (TPSA) is 70.2 Å². The minimum absolute atomic E-state index is 0.0568. The molecule has 120 valence electrons. The van der Waals surface area contributed by atoms with E-state index < -0.39 is 0 Å². The van der Waals surface area contributed by atoms with E-state index in [1.54, 1.807) is 13.4 Å². The van der Waals surface area contributed by atoms with Crippen LogP contribution in [0.15, 0.2) is 43.0 Å². The lowest BCUT2D eigenvalue weighted by Crippen LogP contribution is -2.45. The lowest BCUT2D eigenvalue weighted by Gasteiger charge is -2.36. The average molecular weight is 311 g/mol. The number of aromatic nitrogens is 2. The zero-order valence-corrected chi connectivity index (χ0v) is 13.2. The summed E-state index contributed by atoms with van der Waals surface area (Å²) >= 11 is 0. The van der Waals surface area contributed by atoms with Gasteiger partial charge in [0.15, 0.2) is 0 Å². The smallest absolute Gasteiger partial charge is 0.251 e. The molecule has 0 saturated carbocycles. The summed E-state index contributed by atoms with van der Waals surface area (Å²) < 4.78 is 0. The van der Waals surface area contributed by atoms with Gasteiger partial charge < -0.3 is 10.6 Å². The molecule has 0 radical (unpaired) electrons. The summed E-state index contributed by atoms with van der Waals surface area (Å²) in [5.41, 5.74) is 2.94. The summed E-state index contributed by atoms with van der Waals surface area (Å²) in [4.78, 5) is 22.4. The molecule has 2 heterocycles. The van der Waals surface area contributed by atoms with Crippen LogP contribution in [0.25, 0.3) is 0 Å². The second kappa shape index (κ2) is 7.30. The van der Waals surface area contributed by atoms with Crippen LogP contribution in [0.2, 0.25) is 0 Å². The first-order chi connectivity index (χ1) is 11.3. The minimum Gasteiger partial charge on any atom is -0.355 e. The molecule has 1 fully saturated rings. The summed E-state index contributed by atoms with van der Waals surface area (Å²) in [7, 11) is 1.65. The highest BCUT2D eigenvalue weighted by atomic mass is 16.1. The molecule has 0 spiro atoms. The van der Waals surface area contributed by atoms with Crippen molar-refractivity contribution in [2.45, 2.75) is 12.6 Å². The second-order valence-corrected chi connectivity index (χ2v) is 5.64. The van der Waals surface area contributed by atoms with Crippen molar-refractivity contribution in [3.8, 4) is 0 Å². The molecule has 6 heteroatoms. The third-order valence-corrected chi connectivity index (χ3v) is 4.11. The molecule has 23 heavy (non-hydrogen) atoms. The predicted molar refractivity (Wildman–Crippen MR) is 87.9 cm³/mol. The number of amides is 1. The van der Waals surface area contributed by atoms with Crippen LogP contribution in [-0.2, 0) is 6.54 Å². The van der Waals surface area contributed by atoms with E-state index in [-0.39, 0.29) is 11.9 Å². The van der Waals surface area contributed by atoms with E-state index in [9.17, 15) is 4.79 Å². The van der Waals surface area contributed by atoms with E-state index in [0.29, 0.717) is 5.56 Å². The number of hydrogen-bond donors (Lipinski definition) is 2. The first kappa shape index (κ1) is 15.6. The van der Waals surface area contributed by atoms with E-state index in [0.717, 1.165) is 37.3 Å². The molecule has 1 amide bonds. The molecule has 1 aliphatic heterocycles. The Hall–Kier alpha value is -2.31. The molecule has 2 N–H and O–H groups in total. The van der Waals surface area contributed by atoms with Crippen molar-refractivity contribution in [2.24, 2.45) is 0 Å². The van der Waals surface area contributed by atoms with Gasteiger partial charge in [0, 0.05) is 62.8 Å². The van der Waals surface area contributed by atoms with Crippen molar-refractivity contribution in [3.05, 3.63) is 59.7 Å². The first-order valence-corrected chi connectivity index (χ1v) is 7.78. The fraction of sp³-hybridized carbons (Fsp3) is 0.353. The summed E-state index contributed by atoms with van der Waals surface area (Å²) in [6.45, 7) is 3.57. The normalized spacial score (nSPS) is 18.6. The molecule has 1 saturated heterocycles. The van der Waals surface area contributed by atoms with Gasteiger partial charge in [-0.2, -0.15) is 0 Å². The number of carbonyl (C=O) groups is 1. The standard InChI is InChI=1S/C17H21N5O/c1-18-17(23)15-4-2-3-14(7-15)16-10-19-5-6-22(16)11-13-8-20-12-21-9-13/h2-4,7-9,12,16,19H,5-6,10-11H2,1H3,(H,18,23). The number of nitrogens with one attached hydrogen (secondary N) is 2. The Morgan fingerprint density at radius 2 is 2.22 bits per heavy atom. The Balaban J connectivity index is 1.82. The van der Waals surface area contributed by atoms with Crippen LogP contribution < -0.4 is 10.6 Å². The molecule has 2 aromatic rings. The van der Waals surface area contributed by atoms with Gasteiger partial charge in [0.2, 0.25) is 0 Å². The van der Waals surface area contributed by atoms with E-state index in [1.807, 2.05) is 30.6 Å². The molecule has 6 nitrogen and oxygen atoms in total. The number of nitrogens with zero attached hydrogens (tertiary/aromatic N) is 3. The van der Waals surface area contributed by atoms with Crippen LogP contribution in [0, 0.1) is 0 Å². The highest BCUT2D eigenvalue weighted by Gasteiger charge is 2.24. The van der Waals surface area contributed by atoms with E-state index in [2.05, 4.69) is 31.6 Å². The van der Waals surface area contributed by atoms with Gasteiger partial charge in [0.25, 0.3) is 5.91 Å². The summed E-state index contributed by atoms with van der Waals surface area (Å²) in [5, 5.41) is 6.12. The van der Waals surface area contributed by atoms with Crippen molar-refractivity contribution in [3.63, 3.8) is 0 Å². The zero-order valence-electron chi connectivity index (χ0n) is 13.2. The summed E-state index contributed by atoms with van der Waals surface area (Å²) in [5.74, 6) is -0.0568. The maximum atomic E-state index is 11.9. The van der Waals surface area contributed by atoms with Crippen molar-refractivity contribution in [2.75, 3.05) is 26.7 Å². The number of hydrogen-bond acceptors (Lipinski definition) is 5. The van der Waals surface area contributed by atoms with Crippen LogP contribution in [0.5, 0.6) is 0 Å². The molecular formula is C17H21N5O. The summed E-state index contributed by atoms with van der Waals surface area (Å²) in [6.07, 6.45) is 5.26. The molecule has 1 unspecified atom stereocenters. The second-order valence-electron chi connectivity index (χ2n) is 5.64. The largest absolute Gasteiger partial charge is 0.355 e. The first-order valence-electron chi connectivity index (χ1n) is 7.78. The van der Waals surface area contributed by atoms with Gasteiger partial charge in [0.05, 0.1) is 0 Å². The fourth-order valence-electron chi connectivity index (χ4n) is 2.94. The Bertz CT molecular complexity index is 661. The third kappa shape index (κ3) is 3.72. The van der Waals surface area contributed by atoms with Gasteiger partial charge in [-0.05, 0) is 17.7 Å². The van der Waals surface area contributed by atoms with E-state index >= 15 is 0 Å². The van der Waals surface area contributed by atoms with Crippen LogP contribution >= 0.6 is 0 Å². The molecule has 1 aromatic heterocycles. The number of rotatable bonds is 4. The van der Waals surface area contributed by atoms with Crippen LogP contribution in [0.4, 0.5) is 0 Å². The maximum Gasteiger partial charge on any atom is 0.251 e. The predicted octanol–water partition coefficient (Wildman–Crippen LogP) is 0.983. The minimum atomic E-state index is -0.0568. The average Bonchev–Trinajstić information content (AvgIpc) is 2.62. The molecule has 0 aliphatic carbocycles. The van der Waals surface area contributed by atoms with Crippen molar-refractivity contribution in [1.82, 2.24) is 25.5 Å². The number of piperazine rings is 1. The highest BCUT2D eigenvalue weighted by molar-refractivity contribution is 5.94. The Morgan fingerprint density at radius 1 is 1.39 bits per heavy atom. The van der Waals surface area contributed by atoms with Crippen molar-refractivity contribution in [1.29, 1.82) is 0 Å². The monoisotopic (exact) mass is 311 g/mol. The Labute approximate surface area is 135 Å². The van der Waals surface area contributed by atoms with Crippen LogP contribution in [0.1, 0.15) is 27.5 Å². The number of benzene rings is 1. The quantitative estimate of drug-likeness (QED) is 0.881. The van der Waals surface area contributed by atoms with Crippen molar-refractivity contribution < 1.29 is 4.79 Å². The zero-order chi connectivity index (χ0) is 16.1. The number of carbonyl (C=O) groups excluding carboxylic acids is 1. The summed E-state index contributed by atoms with van der Waals surface area (Å²) in [6, 6.07) is 8.07. The van der Waals surface area contributed by atoms with Gasteiger partial charge in [-0.25, -0.2) is 9.97 Å². The van der Waals surface area contributed by atoms with Gasteiger partial charge >= 0.3 is 0 Å². The van der Waals surface area contributed by atoms with Gasteiger partial charge in [-0.3, -0.25) is 9.69 Å². The van der Waals surface area contributed by atoms with Gasteiger partial charge in [-0.15, -0.1) is 0 Å². The lowest BCUT2D eigenvalue weighted by molar-refractivity contribution is 0.0962. The van der Waals surface area contributed by atoms with Gasteiger partial charge in [0.1, 0.15) is 6.33 Å². The third-order valence-electron chi connectivity index (χ3n) is 4.11. The lowest BCUT2D eigenvalue weighted by atomic mass is 10.00. The molecule has 0 bridgehead atoms. The molecule has 1 aromatic carbocycles. The van der Waals surface area contributed by atoms with Crippen LogP contribution in [0.3, 0.4) is 0 Å². The molecular weight excluding hydrogens is 290 g/mol. The molecule has 3 rings (SSSR count). The van der Waals surface area contributed by atoms with Crippen LogP contribution in [-0.4, -0.2) is 47.5 Å². The maximum absolute atomic E-state index is 11.9. The van der Waals surface area contributed by atoms with E-state index in [4.69, 9.17) is 0 Å². The van der Waals surface area contributed by atoms with Gasteiger partial charge in [-0.1, -0.05) is 12.1 Å². The highest BCUT2D eigenvalue weighted by Crippen LogP contribution is 2.24.